The molecule has 1 aromatic rings. The molecule has 0 aliphatic carbocycles. The zero-order chi connectivity index (χ0) is 11.0. The highest BCUT2D eigenvalue weighted by Crippen LogP contribution is 2.36. The van der Waals surface area contributed by atoms with Gasteiger partial charge in [-0.1, -0.05) is 13.0 Å². The van der Waals surface area contributed by atoms with Crippen LogP contribution in [0.2, 0.25) is 0 Å². The molecule has 78 valence electrons. The molecule has 1 aliphatic heterocycles. The maximum absolute atomic E-state index is 12.0. The summed E-state index contributed by atoms with van der Waals surface area (Å²) in [4.78, 5) is 16.3. The van der Waals surface area contributed by atoms with Crippen LogP contribution in [0.25, 0.3) is 0 Å². The van der Waals surface area contributed by atoms with E-state index in [0.29, 0.717) is 11.3 Å². The molecule has 0 saturated heterocycles. The van der Waals surface area contributed by atoms with Crippen molar-refractivity contribution in [1.82, 2.24) is 0 Å². The minimum atomic E-state index is -0.159. The van der Waals surface area contributed by atoms with Crippen LogP contribution in [0.15, 0.2) is 17.1 Å². The van der Waals surface area contributed by atoms with E-state index in [2.05, 4.69) is 4.99 Å². The number of rotatable bonds is 1. The zero-order valence-electron chi connectivity index (χ0n) is 9.07. The Morgan fingerprint density at radius 2 is 2.13 bits per heavy atom. The summed E-state index contributed by atoms with van der Waals surface area (Å²) in [5.74, 6) is 0.540. The summed E-state index contributed by atoms with van der Waals surface area (Å²) < 4.78 is 5.19. The van der Waals surface area contributed by atoms with Gasteiger partial charge in [0.25, 0.3) is 0 Å². The fraction of sp³-hybridized carbons (Fsp3) is 0.333. The van der Waals surface area contributed by atoms with Crippen LogP contribution in [-0.2, 0) is 0 Å². The van der Waals surface area contributed by atoms with Crippen molar-refractivity contribution in [2.24, 2.45) is 10.9 Å². The second-order valence-corrected chi connectivity index (χ2v) is 3.74. The molecule has 0 saturated carbocycles. The lowest BCUT2D eigenvalue weighted by Gasteiger charge is -2.18. The largest absolute Gasteiger partial charge is 0.496 e. The molecule has 3 nitrogen and oxygen atoms in total. The first-order valence-corrected chi connectivity index (χ1v) is 4.91. The second kappa shape index (κ2) is 3.50. The van der Waals surface area contributed by atoms with Crippen molar-refractivity contribution in [1.29, 1.82) is 0 Å². The minimum absolute atomic E-state index is 0.0838. The number of methoxy groups -OCH3 is 1. The fourth-order valence-electron chi connectivity index (χ4n) is 1.73. The Labute approximate surface area is 88.8 Å². The number of ether oxygens (including phenoxy) is 1. The molecule has 0 N–H and O–H groups in total. The number of carbonyl (C=O) groups excluding carboxylic acids is 1. The third-order valence-corrected chi connectivity index (χ3v) is 2.65. The van der Waals surface area contributed by atoms with Gasteiger partial charge in [0.2, 0.25) is 0 Å². The Balaban J connectivity index is 2.70. The van der Waals surface area contributed by atoms with E-state index >= 15 is 0 Å². The van der Waals surface area contributed by atoms with E-state index in [1.165, 1.54) is 0 Å². The third kappa shape index (κ3) is 1.44. The molecule has 1 aromatic carbocycles. The molecule has 1 aliphatic rings. The highest BCUT2D eigenvalue weighted by Gasteiger charge is 2.25. The van der Waals surface area contributed by atoms with E-state index in [1.54, 1.807) is 13.3 Å². The van der Waals surface area contributed by atoms with Gasteiger partial charge in [-0.15, -0.1) is 0 Å². The fourth-order valence-corrected chi connectivity index (χ4v) is 1.73. The van der Waals surface area contributed by atoms with E-state index in [9.17, 15) is 4.79 Å². The normalized spacial score (nSPS) is 18.9. The van der Waals surface area contributed by atoms with Crippen LogP contribution in [0.1, 0.15) is 22.8 Å². The van der Waals surface area contributed by atoms with Gasteiger partial charge in [-0.2, -0.15) is 0 Å². The van der Waals surface area contributed by atoms with Gasteiger partial charge in [-0.3, -0.25) is 9.79 Å². The van der Waals surface area contributed by atoms with Gasteiger partial charge in [-0.05, 0) is 18.6 Å². The average Bonchev–Trinajstić information content (AvgIpc) is 2.24. The van der Waals surface area contributed by atoms with Crippen molar-refractivity contribution in [2.45, 2.75) is 13.8 Å². The third-order valence-electron chi connectivity index (χ3n) is 2.65. The smallest absolute Gasteiger partial charge is 0.176 e. The lowest BCUT2D eigenvalue weighted by Crippen LogP contribution is -2.17. The summed E-state index contributed by atoms with van der Waals surface area (Å²) in [6.45, 7) is 3.79. The summed E-state index contributed by atoms with van der Waals surface area (Å²) in [6.07, 6.45) is 1.69. The topological polar surface area (TPSA) is 38.7 Å². The Kier molecular flexibility index (Phi) is 2.31. The van der Waals surface area contributed by atoms with E-state index < -0.39 is 0 Å². The van der Waals surface area contributed by atoms with E-state index in [1.807, 2.05) is 26.0 Å². The monoisotopic (exact) mass is 203 g/mol. The summed E-state index contributed by atoms with van der Waals surface area (Å²) in [7, 11) is 1.57. The second-order valence-electron chi connectivity index (χ2n) is 3.74. The number of aliphatic imine (C=N–C) groups is 1. The number of hydrogen-bond acceptors (Lipinski definition) is 3. The first kappa shape index (κ1) is 9.90. The van der Waals surface area contributed by atoms with E-state index in [-0.39, 0.29) is 11.7 Å². The van der Waals surface area contributed by atoms with Gasteiger partial charge in [-0.25, -0.2) is 0 Å². The van der Waals surface area contributed by atoms with Crippen LogP contribution in [-0.4, -0.2) is 19.1 Å². The van der Waals surface area contributed by atoms with Crippen LogP contribution < -0.4 is 4.74 Å². The molecule has 1 atom stereocenters. The number of aryl methyl sites for hydroxylation is 1. The number of benzene rings is 1. The molecule has 1 heterocycles. The summed E-state index contributed by atoms with van der Waals surface area (Å²) in [5, 5.41) is 0. The van der Waals surface area contributed by atoms with Gasteiger partial charge < -0.3 is 4.74 Å². The van der Waals surface area contributed by atoms with Gasteiger partial charge in [0.15, 0.2) is 5.78 Å². The molecular weight excluding hydrogens is 190 g/mol. The molecule has 3 heteroatoms. The van der Waals surface area contributed by atoms with Crippen molar-refractivity contribution < 1.29 is 9.53 Å². The van der Waals surface area contributed by atoms with Gasteiger partial charge in [0.05, 0.1) is 24.3 Å². The Morgan fingerprint density at radius 3 is 2.80 bits per heavy atom. The Morgan fingerprint density at radius 1 is 1.40 bits per heavy atom. The summed E-state index contributed by atoms with van der Waals surface area (Å²) in [6, 6.07) is 3.73. The number of fused-ring (bicyclic) bond motifs is 1. The van der Waals surface area contributed by atoms with Crippen molar-refractivity contribution in [3.05, 3.63) is 23.3 Å². The van der Waals surface area contributed by atoms with Crippen molar-refractivity contribution >= 4 is 17.7 Å². The van der Waals surface area contributed by atoms with Crippen molar-refractivity contribution in [3.8, 4) is 5.75 Å². The number of Topliss-reactive ketones (excluding diaryl/α,β-unsaturated/α-hetero) is 1. The average molecular weight is 203 g/mol. The molecule has 0 radical (unpaired) electrons. The Hall–Kier alpha value is -1.64. The number of nitrogens with zero attached hydrogens (tertiary/aromatic N) is 1. The van der Waals surface area contributed by atoms with E-state index in [4.69, 9.17) is 4.74 Å². The molecular formula is C12H13NO2. The van der Waals surface area contributed by atoms with Crippen LogP contribution in [0.4, 0.5) is 5.69 Å². The molecule has 1 unspecified atom stereocenters. The Bertz CT molecular complexity index is 449. The van der Waals surface area contributed by atoms with Crippen molar-refractivity contribution in [3.63, 3.8) is 0 Å². The molecule has 15 heavy (non-hydrogen) atoms. The van der Waals surface area contributed by atoms with Gasteiger partial charge in [0, 0.05) is 6.21 Å². The number of ketones is 1. The number of carbonyl (C=O) groups is 1. The molecule has 0 aromatic heterocycles. The first-order valence-electron chi connectivity index (χ1n) is 4.91. The van der Waals surface area contributed by atoms with Crippen LogP contribution >= 0.6 is 0 Å². The van der Waals surface area contributed by atoms with Crippen LogP contribution in [0.3, 0.4) is 0 Å². The minimum Gasteiger partial charge on any atom is -0.496 e. The quantitative estimate of drug-likeness (QED) is 0.703. The van der Waals surface area contributed by atoms with Crippen molar-refractivity contribution in [2.75, 3.05) is 7.11 Å². The van der Waals surface area contributed by atoms with Gasteiger partial charge in [0.1, 0.15) is 5.75 Å². The predicted molar refractivity (Wildman–Crippen MR) is 59.4 cm³/mol. The lowest BCUT2D eigenvalue weighted by molar-refractivity contribution is 0.0959. The van der Waals surface area contributed by atoms with Crippen LogP contribution in [0.5, 0.6) is 5.75 Å². The maximum Gasteiger partial charge on any atom is 0.176 e. The molecule has 2 rings (SSSR count). The lowest BCUT2D eigenvalue weighted by atomic mass is 9.93. The standard InChI is InChI=1S/C12H13NO2/c1-7-4-5-9(15-3)10-11(7)13-6-8(2)12(10)14/h4-6,8H,1-3H3. The predicted octanol–water partition coefficient (Wildman–Crippen LogP) is 2.54. The SMILES string of the molecule is COc1ccc(C)c2c1C(=O)C(C)C=N2. The highest BCUT2D eigenvalue weighted by atomic mass is 16.5. The first-order chi connectivity index (χ1) is 7.15. The van der Waals surface area contributed by atoms with E-state index in [0.717, 1.165) is 11.3 Å². The molecule has 0 spiro atoms. The molecule has 0 fully saturated rings. The number of hydrogen-bond donors (Lipinski definition) is 0. The zero-order valence-corrected chi connectivity index (χ0v) is 9.07. The van der Waals surface area contributed by atoms with Gasteiger partial charge >= 0.3 is 0 Å². The maximum atomic E-state index is 12.0. The summed E-state index contributed by atoms with van der Waals surface area (Å²) >= 11 is 0. The molecule has 0 bridgehead atoms. The molecule has 0 amide bonds. The highest BCUT2D eigenvalue weighted by molar-refractivity contribution is 6.14. The summed E-state index contributed by atoms with van der Waals surface area (Å²) in [5.41, 5.74) is 2.37. The van der Waals surface area contributed by atoms with Crippen LogP contribution in [0, 0.1) is 12.8 Å².